The highest BCUT2D eigenvalue weighted by Gasteiger charge is 2.36. The van der Waals surface area contributed by atoms with Crippen LogP contribution in [0.15, 0.2) is 60.7 Å². The topological polar surface area (TPSA) is 78.8 Å². The van der Waals surface area contributed by atoms with Gasteiger partial charge >= 0.3 is 5.97 Å². The van der Waals surface area contributed by atoms with Crippen molar-refractivity contribution in [3.63, 3.8) is 0 Å². The summed E-state index contributed by atoms with van der Waals surface area (Å²) in [7, 11) is 0. The van der Waals surface area contributed by atoms with E-state index in [1.807, 2.05) is 27.7 Å². The van der Waals surface area contributed by atoms with Crippen molar-refractivity contribution < 1.29 is 14.6 Å². The molecule has 6 rings (SSSR count). The summed E-state index contributed by atoms with van der Waals surface area (Å²) in [6.07, 6.45) is 1.82. The van der Waals surface area contributed by atoms with Gasteiger partial charge in [0.25, 0.3) is 0 Å². The van der Waals surface area contributed by atoms with E-state index in [0.717, 1.165) is 85.0 Å². The van der Waals surface area contributed by atoms with E-state index in [9.17, 15) is 9.90 Å². The highest BCUT2D eigenvalue weighted by molar-refractivity contribution is 5.88. The van der Waals surface area contributed by atoms with Crippen molar-refractivity contribution in [1.82, 2.24) is 9.97 Å². The second kappa shape index (κ2) is 13.0. The fourth-order valence-electron chi connectivity index (χ4n) is 7.27. The molecule has 1 N–H and O–H groups in total. The maximum atomic E-state index is 12.9. The third-order valence-electron chi connectivity index (χ3n) is 9.96. The molecular formula is C41H50N4O3. The first-order valence-electron chi connectivity index (χ1n) is 17.3. The number of anilines is 2. The summed E-state index contributed by atoms with van der Waals surface area (Å²) in [5, 5.41) is 10.5. The van der Waals surface area contributed by atoms with Gasteiger partial charge in [-0.3, -0.25) is 4.98 Å². The number of carboxylic acids is 1. The van der Waals surface area contributed by atoms with E-state index in [1.165, 1.54) is 16.7 Å². The standard InChI is InChI=1S/C41H50N4O3/c1-26-12-9-10-13-32(26)33-14-11-15-34(43-33)45-21-18-29-24-30(16-17-31(29)25-45)35-27(2)42-28(3)36(38(39(46)47)48-40(4,5)6)37(35)44-22-19-41(7,8)20-23-44/h9-17,24,38H,18-23,25H2,1-8H3,(H,46,47)/t38-/m0/s1. The smallest absolute Gasteiger partial charge is 0.337 e. The Morgan fingerprint density at radius 2 is 1.60 bits per heavy atom. The summed E-state index contributed by atoms with van der Waals surface area (Å²) >= 11 is 0. The Bertz CT molecular complexity index is 1830. The maximum Gasteiger partial charge on any atom is 0.337 e. The van der Waals surface area contributed by atoms with Crippen LogP contribution in [-0.2, 0) is 22.5 Å². The Hall–Kier alpha value is -4.23. The number of nitrogens with zero attached hydrogens (tertiary/aromatic N) is 4. The van der Waals surface area contributed by atoms with Gasteiger partial charge in [-0.05, 0) is 101 Å². The van der Waals surface area contributed by atoms with Crippen molar-refractivity contribution in [3.8, 4) is 22.4 Å². The summed E-state index contributed by atoms with van der Waals surface area (Å²) in [5.41, 5.74) is 10.9. The normalized spacial score (nSPS) is 16.8. The van der Waals surface area contributed by atoms with Gasteiger partial charge in [0.2, 0.25) is 0 Å². The fraction of sp³-hybridized carbons (Fsp3) is 0.439. The molecule has 1 saturated heterocycles. The molecule has 1 atom stereocenters. The molecule has 2 aromatic heterocycles. The third kappa shape index (κ3) is 6.98. The Labute approximate surface area is 286 Å². The SMILES string of the molecule is Cc1ccccc1-c1cccc(N2CCc3cc(-c4c(C)nc(C)c([C@H](OC(C)(C)C)C(=O)O)c4N4CCC(C)(C)CC4)ccc3C2)n1. The Morgan fingerprint density at radius 3 is 2.29 bits per heavy atom. The van der Waals surface area contributed by atoms with Gasteiger partial charge in [0.1, 0.15) is 5.82 Å². The number of carbonyl (C=O) groups is 1. The van der Waals surface area contributed by atoms with Crippen molar-refractivity contribution in [1.29, 1.82) is 0 Å². The van der Waals surface area contributed by atoms with E-state index in [0.29, 0.717) is 11.3 Å². The van der Waals surface area contributed by atoms with Crippen LogP contribution in [0.1, 0.15) is 87.2 Å². The molecule has 0 spiro atoms. The zero-order valence-electron chi connectivity index (χ0n) is 29.9. The van der Waals surface area contributed by atoms with Crippen LogP contribution < -0.4 is 9.80 Å². The molecule has 0 aliphatic carbocycles. The monoisotopic (exact) mass is 646 g/mol. The highest BCUT2D eigenvalue weighted by Crippen LogP contribution is 2.45. The van der Waals surface area contributed by atoms with Gasteiger partial charge in [0.05, 0.1) is 17.0 Å². The number of rotatable bonds is 7. The molecule has 4 heterocycles. The van der Waals surface area contributed by atoms with Gasteiger partial charge in [-0.1, -0.05) is 62.4 Å². The number of aliphatic carboxylic acids is 1. The molecule has 0 saturated carbocycles. The Morgan fingerprint density at radius 1 is 0.875 bits per heavy atom. The number of hydrogen-bond acceptors (Lipinski definition) is 6. The molecule has 7 heteroatoms. The maximum absolute atomic E-state index is 12.9. The van der Waals surface area contributed by atoms with Gasteiger partial charge < -0.3 is 19.6 Å². The Kier molecular flexibility index (Phi) is 9.12. The number of hydrogen-bond donors (Lipinski definition) is 1. The lowest BCUT2D eigenvalue weighted by molar-refractivity contribution is -0.160. The molecule has 2 aromatic carbocycles. The molecule has 0 bridgehead atoms. The van der Waals surface area contributed by atoms with E-state index in [2.05, 4.69) is 98.2 Å². The second-order valence-electron chi connectivity index (χ2n) is 15.4. The molecule has 2 aliphatic heterocycles. The van der Waals surface area contributed by atoms with Gasteiger partial charge in [-0.2, -0.15) is 0 Å². The summed E-state index contributed by atoms with van der Waals surface area (Å²) in [6.45, 7) is 19.8. The molecule has 7 nitrogen and oxygen atoms in total. The fourth-order valence-corrected chi connectivity index (χ4v) is 7.27. The van der Waals surface area contributed by atoms with Crippen LogP contribution in [-0.4, -0.2) is 46.3 Å². The van der Waals surface area contributed by atoms with E-state index in [1.54, 1.807) is 0 Å². The summed E-state index contributed by atoms with van der Waals surface area (Å²) in [4.78, 5) is 27.7. The van der Waals surface area contributed by atoms with E-state index < -0.39 is 17.7 Å². The van der Waals surface area contributed by atoms with Crippen LogP contribution in [0.5, 0.6) is 0 Å². The number of aryl methyl sites for hydroxylation is 3. The minimum absolute atomic E-state index is 0.244. The number of carboxylic acid groups (broad SMARTS) is 1. The van der Waals surface area contributed by atoms with Crippen LogP contribution in [0.4, 0.5) is 11.5 Å². The summed E-state index contributed by atoms with van der Waals surface area (Å²) in [5.74, 6) is -0.00331. The lowest BCUT2D eigenvalue weighted by Gasteiger charge is -2.41. The van der Waals surface area contributed by atoms with Gasteiger partial charge in [0.15, 0.2) is 6.10 Å². The van der Waals surface area contributed by atoms with E-state index in [-0.39, 0.29) is 5.41 Å². The quantitative estimate of drug-likeness (QED) is 0.215. The largest absolute Gasteiger partial charge is 0.479 e. The second-order valence-corrected chi connectivity index (χ2v) is 15.4. The van der Waals surface area contributed by atoms with Crippen LogP contribution in [0.25, 0.3) is 22.4 Å². The van der Waals surface area contributed by atoms with Gasteiger partial charge in [0, 0.05) is 54.3 Å². The minimum atomic E-state index is -1.13. The predicted molar refractivity (Wildman–Crippen MR) is 195 cm³/mol. The molecule has 0 amide bonds. The zero-order chi connectivity index (χ0) is 34.4. The zero-order valence-corrected chi connectivity index (χ0v) is 29.9. The number of piperidine rings is 1. The van der Waals surface area contributed by atoms with Crippen molar-refractivity contribution in [3.05, 3.63) is 94.3 Å². The average molecular weight is 647 g/mol. The number of aromatic nitrogens is 2. The molecular weight excluding hydrogens is 596 g/mol. The molecule has 2 aliphatic rings. The number of fused-ring (bicyclic) bond motifs is 1. The van der Waals surface area contributed by atoms with Gasteiger partial charge in [-0.25, -0.2) is 9.78 Å². The van der Waals surface area contributed by atoms with Crippen LogP contribution in [0.2, 0.25) is 0 Å². The molecule has 4 aromatic rings. The van der Waals surface area contributed by atoms with Crippen molar-refractivity contribution in [2.24, 2.45) is 5.41 Å². The molecule has 48 heavy (non-hydrogen) atoms. The molecule has 0 unspecified atom stereocenters. The molecule has 1 fully saturated rings. The first-order valence-corrected chi connectivity index (χ1v) is 17.3. The minimum Gasteiger partial charge on any atom is -0.479 e. The van der Waals surface area contributed by atoms with Gasteiger partial charge in [-0.15, -0.1) is 0 Å². The van der Waals surface area contributed by atoms with E-state index in [4.69, 9.17) is 14.7 Å². The number of pyridine rings is 2. The third-order valence-corrected chi connectivity index (χ3v) is 9.96. The van der Waals surface area contributed by atoms with Crippen LogP contribution in [0.3, 0.4) is 0 Å². The lowest BCUT2D eigenvalue weighted by atomic mass is 9.81. The highest BCUT2D eigenvalue weighted by atomic mass is 16.5. The first-order chi connectivity index (χ1) is 22.7. The van der Waals surface area contributed by atoms with E-state index >= 15 is 0 Å². The first kappa shape index (κ1) is 33.7. The summed E-state index contributed by atoms with van der Waals surface area (Å²) < 4.78 is 6.28. The van der Waals surface area contributed by atoms with Crippen LogP contribution in [0, 0.1) is 26.2 Å². The molecule has 0 radical (unpaired) electrons. The van der Waals surface area contributed by atoms with Crippen molar-refractivity contribution in [2.75, 3.05) is 29.4 Å². The Balaban J connectivity index is 1.39. The lowest BCUT2D eigenvalue weighted by Crippen LogP contribution is -2.39. The van der Waals surface area contributed by atoms with Crippen LogP contribution >= 0.6 is 0 Å². The average Bonchev–Trinajstić information content (AvgIpc) is 3.03. The summed E-state index contributed by atoms with van der Waals surface area (Å²) in [6, 6.07) is 21.4. The van der Waals surface area contributed by atoms with Crippen molar-refractivity contribution >= 4 is 17.5 Å². The molecule has 252 valence electrons. The van der Waals surface area contributed by atoms with Crippen molar-refractivity contribution in [2.45, 2.75) is 92.9 Å². The number of ether oxygens (including phenoxy) is 1. The predicted octanol–water partition coefficient (Wildman–Crippen LogP) is 8.87. The number of benzene rings is 2.